The van der Waals surface area contributed by atoms with Gasteiger partial charge in [0.25, 0.3) is 0 Å². The molecule has 0 aromatic heterocycles. The van der Waals surface area contributed by atoms with Gasteiger partial charge >= 0.3 is 0 Å². The molecule has 0 rings (SSSR count). The highest BCUT2D eigenvalue weighted by Gasteiger charge is 2.08. The van der Waals surface area contributed by atoms with E-state index in [4.69, 9.17) is 9.47 Å². The van der Waals surface area contributed by atoms with E-state index in [-0.39, 0.29) is 6.29 Å². The Morgan fingerprint density at radius 1 is 0.867 bits per heavy atom. The largest absolute Gasteiger partial charge is 0.352 e. The molecule has 0 aliphatic carbocycles. The molecular formula is C12H27NO2. The van der Waals surface area contributed by atoms with Crippen LogP contribution in [0.5, 0.6) is 0 Å². The van der Waals surface area contributed by atoms with E-state index in [9.17, 15) is 0 Å². The van der Waals surface area contributed by atoms with Crippen molar-refractivity contribution in [3.05, 3.63) is 0 Å². The van der Waals surface area contributed by atoms with Crippen molar-refractivity contribution in [1.29, 1.82) is 0 Å². The van der Waals surface area contributed by atoms with Gasteiger partial charge in [-0.05, 0) is 26.3 Å². The second-order valence-electron chi connectivity index (χ2n) is 3.68. The summed E-state index contributed by atoms with van der Waals surface area (Å²) in [5.74, 6) is 0.772. The molecule has 1 N–H and O–H groups in total. The zero-order valence-corrected chi connectivity index (χ0v) is 10.7. The fourth-order valence-corrected chi connectivity index (χ4v) is 1.52. The van der Waals surface area contributed by atoms with Crippen LogP contribution in [0.2, 0.25) is 0 Å². The SMILES string of the molecule is CCOC(CNCC(CC)CC)OCC. The van der Waals surface area contributed by atoms with Crippen LogP contribution < -0.4 is 5.32 Å². The van der Waals surface area contributed by atoms with Crippen LogP contribution >= 0.6 is 0 Å². The molecule has 0 aliphatic heterocycles. The quantitative estimate of drug-likeness (QED) is 0.570. The summed E-state index contributed by atoms with van der Waals surface area (Å²) in [6, 6.07) is 0. The van der Waals surface area contributed by atoms with Gasteiger partial charge in [-0.3, -0.25) is 0 Å². The summed E-state index contributed by atoms with van der Waals surface area (Å²) < 4.78 is 10.9. The first-order chi connectivity index (χ1) is 7.28. The maximum atomic E-state index is 5.45. The van der Waals surface area contributed by atoms with Gasteiger partial charge in [0.2, 0.25) is 0 Å². The fraction of sp³-hybridized carbons (Fsp3) is 1.00. The Morgan fingerprint density at radius 2 is 1.40 bits per heavy atom. The van der Waals surface area contributed by atoms with E-state index in [1.165, 1.54) is 12.8 Å². The Bertz CT molecular complexity index is 121. The lowest BCUT2D eigenvalue weighted by atomic mass is 10.0. The number of rotatable bonds is 10. The van der Waals surface area contributed by atoms with Crippen LogP contribution in [0, 0.1) is 5.92 Å². The number of nitrogens with one attached hydrogen (secondary N) is 1. The van der Waals surface area contributed by atoms with Gasteiger partial charge in [0.05, 0.1) is 0 Å². The predicted molar refractivity (Wildman–Crippen MR) is 64.0 cm³/mol. The van der Waals surface area contributed by atoms with Gasteiger partial charge in [0.15, 0.2) is 6.29 Å². The molecule has 0 heterocycles. The molecule has 0 spiro atoms. The van der Waals surface area contributed by atoms with E-state index in [0.717, 1.165) is 19.0 Å². The van der Waals surface area contributed by atoms with E-state index in [1.54, 1.807) is 0 Å². The number of hydrogen-bond donors (Lipinski definition) is 1. The first-order valence-electron chi connectivity index (χ1n) is 6.22. The average molecular weight is 217 g/mol. The first-order valence-corrected chi connectivity index (χ1v) is 6.22. The summed E-state index contributed by atoms with van der Waals surface area (Å²) in [6.45, 7) is 11.7. The van der Waals surface area contributed by atoms with Crippen molar-refractivity contribution in [2.45, 2.75) is 46.8 Å². The molecule has 0 aromatic rings. The molecule has 0 saturated carbocycles. The van der Waals surface area contributed by atoms with Gasteiger partial charge in [0, 0.05) is 19.8 Å². The molecule has 3 nitrogen and oxygen atoms in total. The average Bonchev–Trinajstić information content (AvgIpc) is 2.25. The van der Waals surface area contributed by atoms with Crippen molar-refractivity contribution in [1.82, 2.24) is 5.32 Å². The second-order valence-corrected chi connectivity index (χ2v) is 3.68. The van der Waals surface area contributed by atoms with Gasteiger partial charge in [0.1, 0.15) is 0 Å². The van der Waals surface area contributed by atoms with Crippen molar-refractivity contribution in [3.63, 3.8) is 0 Å². The van der Waals surface area contributed by atoms with Crippen LogP contribution in [-0.4, -0.2) is 32.6 Å². The Labute approximate surface area is 94.5 Å². The van der Waals surface area contributed by atoms with E-state index in [0.29, 0.717) is 13.2 Å². The van der Waals surface area contributed by atoms with E-state index in [2.05, 4.69) is 19.2 Å². The Balaban J connectivity index is 3.59. The van der Waals surface area contributed by atoms with E-state index < -0.39 is 0 Å². The van der Waals surface area contributed by atoms with Crippen LogP contribution in [0.1, 0.15) is 40.5 Å². The molecule has 15 heavy (non-hydrogen) atoms. The molecule has 0 fully saturated rings. The third kappa shape index (κ3) is 7.77. The monoisotopic (exact) mass is 217 g/mol. The molecule has 0 bridgehead atoms. The summed E-state index contributed by atoms with van der Waals surface area (Å²) >= 11 is 0. The number of ether oxygens (including phenoxy) is 2. The third-order valence-corrected chi connectivity index (χ3v) is 2.60. The van der Waals surface area contributed by atoms with Crippen molar-refractivity contribution in [2.75, 3.05) is 26.3 Å². The normalized spacial score (nSPS) is 11.6. The zero-order valence-electron chi connectivity index (χ0n) is 10.7. The van der Waals surface area contributed by atoms with Crippen LogP contribution in [0.3, 0.4) is 0 Å². The molecule has 92 valence electrons. The Kier molecular flexibility index (Phi) is 10.3. The molecule has 0 saturated heterocycles. The summed E-state index contributed by atoms with van der Waals surface area (Å²) in [5.41, 5.74) is 0. The predicted octanol–water partition coefficient (Wildman–Crippen LogP) is 2.41. The maximum Gasteiger partial charge on any atom is 0.169 e. The summed E-state index contributed by atoms with van der Waals surface area (Å²) in [7, 11) is 0. The minimum absolute atomic E-state index is 0.0886. The van der Waals surface area contributed by atoms with Crippen LogP contribution in [0.25, 0.3) is 0 Å². The van der Waals surface area contributed by atoms with Crippen LogP contribution in [0.15, 0.2) is 0 Å². The lowest BCUT2D eigenvalue weighted by Gasteiger charge is -2.19. The molecule has 0 amide bonds. The highest BCUT2D eigenvalue weighted by molar-refractivity contribution is 4.59. The molecule has 0 radical (unpaired) electrons. The summed E-state index contributed by atoms with van der Waals surface area (Å²) in [6.07, 6.45) is 2.38. The van der Waals surface area contributed by atoms with Gasteiger partial charge in [-0.25, -0.2) is 0 Å². The van der Waals surface area contributed by atoms with Gasteiger partial charge in [-0.15, -0.1) is 0 Å². The standard InChI is InChI=1S/C12H27NO2/c1-5-11(6-2)9-13-10-12(14-7-3)15-8-4/h11-13H,5-10H2,1-4H3. The topological polar surface area (TPSA) is 30.5 Å². The third-order valence-electron chi connectivity index (χ3n) is 2.60. The van der Waals surface area contributed by atoms with Crippen molar-refractivity contribution in [3.8, 4) is 0 Å². The fourth-order valence-electron chi connectivity index (χ4n) is 1.52. The molecule has 0 aliphatic rings. The zero-order chi connectivity index (χ0) is 11.5. The van der Waals surface area contributed by atoms with E-state index in [1.807, 2.05) is 13.8 Å². The van der Waals surface area contributed by atoms with Gasteiger partial charge in [-0.2, -0.15) is 0 Å². The van der Waals surface area contributed by atoms with Gasteiger partial charge < -0.3 is 14.8 Å². The van der Waals surface area contributed by atoms with Crippen molar-refractivity contribution >= 4 is 0 Å². The smallest absolute Gasteiger partial charge is 0.169 e. The van der Waals surface area contributed by atoms with Crippen LogP contribution in [0.4, 0.5) is 0 Å². The van der Waals surface area contributed by atoms with Crippen molar-refractivity contribution in [2.24, 2.45) is 5.92 Å². The minimum atomic E-state index is -0.0886. The molecule has 3 heteroatoms. The molecule has 0 unspecified atom stereocenters. The molecule has 0 aromatic carbocycles. The van der Waals surface area contributed by atoms with Crippen LogP contribution in [-0.2, 0) is 9.47 Å². The molecular weight excluding hydrogens is 190 g/mol. The van der Waals surface area contributed by atoms with Gasteiger partial charge in [-0.1, -0.05) is 26.7 Å². The van der Waals surface area contributed by atoms with E-state index >= 15 is 0 Å². The Hall–Kier alpha value is -0.120. The highest BCUT2D eigenvalue weighted by Crippen LogP contribution is 2.05. The maximum absolute atomic E-state index is 5.45. The summed E-state index contributed by atoms with van der Waals surface area (Å²) in [5, 5.41) is 3.41. The lowest BCUT2D eigenvalue weighted by Crippen LogP contribution is -2.34. The van der Waals surface area contributed by atoms with Crippen molar-refractivity contribution < 1.29 is 9.47 Å². The molecule has 0 atom stereocenters. The highest BCUT2D eigenvalue weighted by atomic mass is 16.7. The second kappa shape index (κ2) is 10.4. The Morgan fingerprint density at radius 3 is 1.80 bits per heavy atom. The number of hydrogen-bond acceptors (Lipinski definition) is 3. The lowest BCUT2D eigenvalue weighted by molar-refractivity contribution is -0.133. The first kappa shape index (κ1) is 14.9. The summed E-state index contributed by atoms with van der Waals surface area (Å²) in [4.78, 5) is 0. The minimum Gasteiger partial charge on any atom is -0.352 e.